The highest BCUT2D eigenvalue weighted by molar-refractivity contribution is 5.75. The Hall–Kier alpha value is -1.82. The van der Waals surface area contributed by atoms with E-state index in [1.807, 2.05) is 13.8 Å². The van der Waals surface area contributed by atoms with Crippen molar-refractivity contribution in [2.75, 3.05) is 12.0 Å². The van der Waals surface area contributed by atoms with E-state index in [-0.39, 0.29) is 17.3 Å². The lowest BCUT2D eigenvalue weighted by Gasteiger charge is -2.26. The summed E-state index contributed by atoms with van der Waals surface area (Å²) in [6.07, 6.45) is 0.186. The number of hydrazine groups is 1. The van der Waals surface area contributed by atoms with Gasteiger partial charge in [0.1, 0.15) is 5.82 Å². The van der Waals surface area contributed by atoms with Crippen LogP contribution in [0, 0.1) is 11.2 Å². The first-order chi connectivity index (χ1) is 9.28. The summed E-state index contributed by atoms with van der Waals surface area (Å²) >= 11 is 0. The second-order valence-corrected chi connectivity index (χ2v) is 5.66. The van der Waals surface area contributed by atoms with E-state index in [0.717, 1.165) is 0 Å². The number of urea groups is 1. The molecule has 0 bridgehead atoms. The van der Waals surface area contributed by atoms with E-state index in [4.69, 9.17) is 0 Å². The number of aliphatic hydroxyl groups excluding tert-OH is 1. The van der Waals surface area contributed by atoms with Crippen LogP contribution in [0.2, 0.25) is 0 Å². The summed E-state index contributed by atoms with van der Waals surface area (Å²) in [4.78, 5) is 11.6. The van der Waals surface area contributed by atoms with Gasteiger partial charge in [0.25, 0.3) is 0 Å². The molecule has 4 N–H and O–H groups in total. The van der Waals surface area contributed by atoms with Gasteiger partial charge in [-0.2, -0.15) is 0 Å². The van der Waals surface area contributed by atoms with E-state index in [0.29, 0.717) is 18.7 Å². The minimum absolute atomic E-state index is 0.193. The number of hydrogen-bond acceptors (Lipinski definition) is 3. The second kappa shape index (κ2) is 7.09. The molecule has 20 heavy (non-hydrogen) atoms. The van der Waals surface area contributed by atoms with Crippen LogP contribution in [-0.2, 0) is 0 Å². The molecule has 0 heterocycles. The lowest BCUT2D eigenvalue weighted by atomic mass is 9.87. The van der Waals surface area contributed by atoms with Crippen LogP contribution >= 0.6 is 0 Å². The summed E-state index contributed by atoms with van der Waals surface area (Å²) in [6.45, 7) is 6.09. The highest BCUT2D eigenvalue weighted by Crippen LogP contribution is 2.20. The van der Waals surface area contributed by atoms with Gasteiger partial charge in [-0.1, -0.05) is 13.8 Å². The van der Waals surface area contributed by atoms with Crippen LogP contribution in [0.15, 0.2) is 24.3 Å². The average Bonchev–Trinajstić information content (AvgIpc) is 2.34. The first-order valence-electron chi connectivity index (χ1n) is 6.52. The van der Waals surface area contributed by atoms with Crippen LogP contribution in [0.3, 0.4) is 0 Å². The van der Waals surface area contributed by atoms with Crippen LogP contribution in [-0.4, -0.2) is 23.8 Å². The molecule has 1 unspecified atom stereocenters. The third-order valence-corrected chi connectivity index (χ3v) is 2.74. The highest BCUT2D eigenvalue weighted by Gasteiger charge is 2.20. The number of rotatable bonds is 6. The molecule has 1 aromatic carbocycles. The molecule has 0 spiro atoms. The molecule has 1 aromatic rings. The molecule has 5 nitrogen and oxygen atoms in total. The predicted octanol–water partition coefficient (Wildman–Crippen LogP) is 2.25. The molecule has 0 aromatic heterocycles. The third-order valence-electron chi connectivity index (χ3n) is 2.74. The van der Waals surface area contributed by atoms with Crippen molar-refractivity contribution in [1.82, 2.24) is 10.7 Å². The van der Waals surface area contributed by atoms with Crippen molar-refractivity contribution in [3.8, 4) is 0 Å². The van der Waals surface area contributed by atoms with Crippen molar-refractivity contribution in [3.63, 3.8) is 0 Å². The number of carbonyl (C=O) groups is 1. The molecular weight excluding hydrogens is 261 g/mol. The molecule has 1 rings (SSSR count). The van der Waals surface area contributed by atoms with Crippen molar-refractivity contribution >= 4 is 11.7 Å². The molecule has 1 atom stereocenters. The molecule has 112 valence electrons. The molecule has 0 aliphatic rings. The summed E-state index contributed by atoms with van der Waals surface area (Å²) in [5, 5.41) is 12.1. The lowest BCUT2D eigenvalue weighted by molar-refractivity contribution is 0.129. The van der Waals surface area contributed by atoms with Gasteiger partial charge in [-0.25, -0.2) is 9.18 Å². The molecule has 0 aliphatic heterocycles. The monoisotopic (exact) mass is 283 g/mol. The summed E-state index contributed by atoms with van der Waals surface area (Å²) in [7, 11) is 0. The van der Waals surface area contributed by atoms with E-state index in [2.05, 4.69) is 16.2 Å². The van der Waals surface area contributed by atoms with Gasteiger partial charge >= 0.3 is 6.03 Å². The number of benzene rings is 1. The zero-order chi connectivity index (χ0) is 15.2. The Morgan fingerprint density at radius 3 is 2.50 bits per heavy atom. The molecule has 0 saturated carbocycles. The number of amides is 2. The van der Waals surface area contributed by atoms with E-state index in [9.17, 15) is 14.3 Å². The highest BCUT2D eigenvalue weighted by atomic mass is 19.1. The van der Waals surface area contributed by atoms with E-state index in [1.54, 1.807) is 6.92 Å². The Morgan fingerprint density at radius 2 is 1.95 bits per heavy atom. The summed E-state index contributed by atoms with van der Waals surface area (Å²) in [5.74, 6) is -0.333. The van der Waals surface area contributed by atoms with Crippen LogP contribution in [0.25, 0.3) is 0 Å². The number of anilines is 1. The molecule has 0 radical (unpaired) electrons. The maximum Gasteiger partial charge on any atom is 0.333 e. The summed E-state index contributed by atoms with van der Waals surface area (Å²) in [5.41, 5.74) is 5.52. The fraction of sp³-hybridized carbons (Fsp3) is 0.500. The zero-order valence-corrected chi connectivity index (χ0v) is 12.0. The summed E-state index contributed by atoms with van der Waals surface area (Å²) in [6, 6.07) is 5.26. The molecule has 0 aliphatic carbocycles. The van der Waals surface area contributed by atoms with Gasteiger partial charge in [-0.05, 0) is 43.0 Å². The Kier molecular flexibility index (Phi) is 5.76. The summed E-state index contributed by atoms with van der Waals surface area (Å²) < 4.78 is 12.7. The van der Waals surface area contributed by atoms with Crippen molar-refractivity contribution in [3.05, 3.63) is 30.1 Å². The van der Waals surface area contributed by atoms with Gasteiger partial charge in [0.15, 0.2) is 0 Å². The number of nitrogens with one attached hydrogen (secondary N) is 3. The molecule has 0 saturated heterocycles. The number of halogens is 1. The minimum Gasteiger partial charge on any atom is -0.393 e. The van der Waals surface area contributed by atoms with E-state index in [1.165, 1.54) is 24.3 Å². The van der Waals surface area contributed by atoms with Gasteiger partial charge in [-0.15, -0.1) is 0 Å². The Bertz CT molecular complexity index is 433. The number of carbonyl (C=O) groups excluding carboxylic acids is 1. The molecule has 0 fully saturated rings. The topological polar surface area (TPSA) is 73.4 Å². The van der Waals surface area contributed by atoms with Gasteiger partial charge in [-0.3, -0.25) is 10.9 Å². The standard InChI is InChI=1S/C14H22FN3O2/c1-10(19)8-14(2,3)9-16-13(20)18-17-12-6-4-11(15)5-7-12/h4-7,10,17,19H,8-9H2,1-3H3,(H2,16,18,20). The first kappa shape index (κ1) is 16.2. The van der Waals surface area contributed by atoms with Gasteiger partial charge in [0.2, 0.25) is 0 Å². The SMILES string of the molecule is CC(O)CC(C)(C)CNC(=O)NNc1ccc(F)cc1. The fourth-order valence-corrected chi connectivity index (χ4v) is 1.90. The minimum atomic E-state index is -0.410. The quantitative estimate of drug-likeness (QED) is 0.605. The van der Waals surface area contributed by atoms with Gasteiger partial charge in [0, 0.05) is 6.54 Å². The lowest BCUT2D eigenvalue weighted by Crippen LogP contribution is -2.43. The normalized spacial score (nSPS) is 12.7. The zero-order valence-electron chi connectivity index (χ0n) is 12.0. The second-order valence-electron chi connectivity index (χ2n) is 5.66. The van der Waals surface area contributed by atoms with Gasteiger partial charge in [0.05, 0.1) is 11.8 Å². The first-order valence-corrected chi connectivity index (χ1v) is 6.52. The van der Waals surface area contributed by atoms with Crippen molar-refractivity contribution in [2.45, 2.75) is 33.3 Å². The molecular formula is C14H22FN3O2. The maximum absolute atomic E-state index is 12.7. The van der Waals surface area contributed by atoms with Crippen LogP contribution in [0.1, 0.15) is 27.2 Å². The molecule has 2 amide bonds. The smallest absolute Gasteiger partial charge is 0.333 e. The maximum atomic E-state index is 12.7. The number of aliphatic hydroxyl groups is 1. The largest absolute Gasteiger partial charge is 0.393 e. The number of hydrogen-bond donors (Lipinski definition) is 4. The average molecular weight is 283 g/mol. The van der Waals surface area contributed by atoms with Crippen molar-refractivity contribution in [1.29, 1.82) is 0 Å². The third kappa shape index (κ3) is 6.38. The van der Waals surface area contributed by atoms with Crippen LogP contribution in [0.5, 0.6) is 0 Å². The van der Waals surface area contributed by atoms with Crippen LogP contribution < -0.4 is 16.2 Å². The Balaban J connectivity index is 2.32. The Labute approximate surface area is 118 Å². The molecule has 6 heteroatoms. The van der Waals surface area contributed by atoms with Crippen molar-refractivity contribution in [2.24, 2.45) is 5.41 Å². The predicted molar refractivity (Wildman–Crippen MR) is 76.6 cm³/mol. The van der Waals surface area contributed by atoms with Crippen LogP contribution in [0.4, 0.5) is 14.9 Å². The van der Waals surface area contributed by atoms with E-state index >= 15 is 0 Å². The fourth-order valence-electron chi connectivity index (χ4n) is 1.90. The van der Waals surface area contributed by atoms with E-state index < -0.39 is 6.10 Å². The van der Waals surface area contributed by atoms with Crippen molar-refractivity contribution < 1.29 is 14.3 Å². The van der Waals surface area contributed by atoms with Gasteiger partial charge < -0.3 is 10.4 Å². The Morgan fingerprint density at radius 1 is 1.35 bits per heavy atom.